The maximum absolute atomic E-state index is 12.1. The summed E-state index contributed by atoms with van der Waals surface area (Å²) in [7, 11) is -3.95. The predicted octanol–water partition coefficient (Wildman–Crippen LogP) is 0.0899. The highest BCUT2D eigenvalue weighted by Gasteiger charge is 2.20. The summed E-state index contributed by atoms with van der Waals surface area (Å²) in [5, 5.41) is 2.26. The summed E-state index contributed by atoms with van der Waals surface area (Å²) in [6.45, 7) is 6.72. The van der Waals surface area contributed by atoms with Gasteiger partial charge in [-0.2, -0.15) is 0 Å². The van der Waals surface area contributed by atoms with Crippen LogP contribution in [0.25, 0.3) is 0 Å². The van der Waals surface area contributed by atoms with Crippen molar-refractivity contribution in [2.45, 2.75) is 24.8 Å². The van der Waals surface area contributed by atoms with Crippen LogP contribution in [0.15, 0.2) is 35.7 Å². The van der Waals surface area contributed by atoms with E-state index in [0.29, 0.717) is 0 Å². The molecule has 0 bridgehead atoms. The number of hydrogen-bond donors (Lipinski definition) is 4. The molecule has 0 aliphatic carbocycles. The van der Waals surface area contributed by atoms with Crippen LogP contribution in [0.2, 0.25) is 5.02 Å². The van der Waals surface area contributed by atoms with Crippen molar-refractivity contribution >= 4 is 39.3 Å². The fraction of sp³-hybridized carbons (Fsp3) is 0.267. The first-order chi connectivity index (χ1) is 12.1. The van der Waals surface area contributed by atoms with Crippen molar-refractivity contribution in [3.8, 4) is 0 Å². The maximum Gasteiger partial charge on any atom is 0.327 e. The zero-order chi connectivity index (χ0) is 19.9. The van der Waals surface area contributed by atoms with Crippen LogP contribution < -0.4 is 20.9 Å². The third-order valence-corrected chi connectivity index (χ3v) is 4.72. The Hall–Kier alpha value is -2.43. The standard InChI is InChI=1S/C15H19ClN4O5S/c1-4-7-17-26(24,25)12-8-10(5-6-11(12)16)13(21)19-20-15(23)14(22)18-9(2)3/h4-6,8-9,17H,1,7H2,2-3H3,(H,18,22)(H,19,21)(H,20,23). The van der Waals surface area contributed by atoms with E-state index >= 15 is 0 Å². The Kier molecular flexibility index (Phi) is 7.75. The lowest BCUT2D eigenvalue weighted by Gasteiger charge is -2.11. The van der Waals surface area contributed by atoms with Gasteiger partial charge in [-0.05, 0) is 32.0 Å². The summed E-state index contributed by atoms with van der Waals surface area (Å²) >= 11 is 5.88. The predicted molar refractivity (Wildman–Crippen MR) is 95.7 cm³/mol. The van der Waals surface area contributed by atoms with Crippen LogP contribution in [0, 0.1) is 0 Å². The molecule has 0 saturated carbocycles. The Morgan fingerprint density at radius 1 is 1.19 bits per heavy atom. The van der Waals surface area contributed by atoms with Crippen molar-refractivity contribution in [2.75, 3.05) is 6.54 Å². The van der Waals surface area contributed by atoms with Crippen LogP contribution in [0.4, 0.5) is 0 Å². The molecule has 0 fully saturated rings. The van der Waals surface area contributed by atoms with Gasteiger partial charge in [-0.3, -0.25) is 25.2 Å². The van der Waals surface area contributed by atoms with Crippen LogP contribution in [-0.4, -0.2) is 38.7 Å². The zero-order valence-electron chi connectivity index (χ0n) is 14.1. The summed E-state index contributed by atoms with van der Waals surface area (Å²) in [6.07, 6.45) is 1.35. The van der Waals surface area contributed by atoms with Crippen LogP contribution in [0.5, 0.6) is 0 Å². The van der Waals surface area contributed by atoms with Gasteiger partial charge in [0.25, 0.3) is 5.91 Å². The molecule has 9 nitrogen and oxygen atoms in total. The van der Waals surface area contributed by atoms with Gasteiger partial charge in [-0.25, -0.2) is 13.1 Å². The van der Waals surface area contributed by atoms with E-state index in [1.165, 1.54) is 18.2 Å². The zero-order valence-corrected chi connectivity index (χ0v) is 15.7. The van der Waals surface area contributed by atoms with E-state index in [-0.39, 0.29) is 28.1 Å². The third-order valence-electron chi connectivity index (χ3n) is 2.82. The molecule has 0 saturated heterocycles. The molecule has 0 heterocycles. The SMILES string of the molecule is C=CCNS(=O)(=O)c1cc(C(=O)NNC(=O)C(=O)NC(C)C)ccc1Cl. The number of carbonyl (C=O) groups excluding carboxylic acids is 3. The average molecular weight is 403 g/mol. The van der Waals surface area contributed by atoms with E-state index in [4.69, 9.17) is 11.6 Å². The van der Waals surface area contributed by atoms with Gasteiger partial charge in [0, 0.05) is 18.2 Å². The number of halogens is 1. The maximum atomic E-state index is 12.1. The number of hydrogen-bond acceptors (Lipinski definition) is 5. The molecule has 0 radical (unpaired) electrons. The number of sulfonamides is 1. The largest absolute Gasteiger partial charge is 0.346 e. The monoisotopic (exact) mass is 402 g/mol. The molecule has 0 atom stereocenters. The molecule has 1 aromatic carbocycles. The lowest BCUT2D eigenvalue weighted by molar-refractivity contribution is -0.139. The minimum Gasteiger partial charge on any atom is -0.346 e. The van der Waals surface area contributed by atoms with Crippen LogP contribution >= 0.6 is 11.6 Å². The molecule has 26 heavy (non-hydrogen) atoms. The summed E-state index contributed by atoms with van der Waals surface area (Å²) in [5.41, 5.74) is 3.87. The second kappa shape index (κ2) is 9.32. The smallest absolute Gasteiger partial charge is 0.327 e. The average Bonchev–Trinajstić information content (AvgIpc) is 2.57. The lowest BCUT2D eigenvalue weighted by Crippen LogP contribution is -2.49. The molecule has 0 aliphatic heterocycles. The highest BCUT2D eigenvalue weighted by molar-refractivity contribution is 7.89. The van der Waals surface area contributed by atoms with Gasteiger partial charge in [0.15, 0.2) is 0 Å². The van der Waals surface area contributed by atoms with Gasteiger partial charge in [-0.1, -0.05) is 17.7 Å². The van der Waals surface area contributed by atoms with E-state index in [9.17, 15) is 22.8 Å². The normalized spacial score (nSPS) is 10.9. The fourth-order valence-electron chi connectivity index (χ4n) is 1.67. The molecule has 11 heteroatoms. The van der Waals surface area contributed by atoms with Crippen molar-refractivity contribution in [3.63, 3.8) is 0 Å². The van der Waals surface area contributed by atoms with Crippen molar-refractivity contribution in [3.05, 3.63) is 41.4 Å². The van der Waals surface area contributed by atoms with Crippen LogP contribution in [-0.2, 0) is 19.6 Å². The van der Waals surface area contributed by atoms with Gasteiger partial charge in [0.2, 0.25) is 10.0 Å². The van der Waals surface area contributed by atoms with E-state index in [1.54, 1.807) is 13.8 Å². The highest BCUT2D eigenvalue weighted by Crippen LogP contribution is 2.22. The Balaban J connectivity index is 2.88. The number of benzene rings is 1. The number of hydrazine groups is 1. The van der Waals surface area contributed by atoms with Crippen molar-refractivity contribution in [1.82, 2.24) is 20.9 Å². The van der Waals surface area contributed by atoms with Crippen molar-refractivity contribution in [2.24, 2.45) is 0 Å². The molecule has 142 valence electrons. The molecular weight excluding hydrogens is 384 g/mol. The summed E-state index contributed by atoms with van der Waals surface area (Å²) in [5.74, 6) is -2.82. The van der Waals surface area contributed by atoms with Gasteiger partial charge in [0.05, 0.1) is 5.02 Å². The number of carbonyl (C=O) groups is 3. The molecule has 3 amide bonds. The molecule has 0 aromatic heterocycles. The number of nitrogens with one attached hydrogen (secondary N) is 4. The van der Waals surface area contributed by atoms with E-state index in [2.05, 4.69) is 16.6 Å². The van der Waals surface area contributed by atoms with Crippen LogP contribution in [0.1, 0.15) is 24.2 Å². The minimum atomic E-state index is -3.95. The molecule has 1 aromatic rings. The molecule has 0 spiro atoms. The van der Waals surface area contributed by atoms with Crippen LogP contribution in [0.3, 0.4) is 0 Å². The third kappa shape index (κ3) is 6.14. The Morgan fingerprint density at radius 2 is 1.85 bits per heavy atom. The Bertz CT molecular complexity index is 823. The first kappa shape index (κ1) is 21.6. The molecular formula is C15H19ClN4O5S. The summed E-state index contributed by atoms with van der Waals surface area (Å²) in [4.78, 5) is 34.7. The fourth-order valence-corrected chi connectivity index (χ4v) is 3.19. The number of rotatable bonds is 6. The summed E-state index contributed by atoms with van der Waals surface area (Å²) in [6, 6.07) is 3.29. The second-order valence-electron chi connectivity index (χ2n) is 5.32. The van der Waals surface area contributed by atoms with Gasteiger partial charge in [-0.15, -0.1) is 6.58 Å². The van der Waals surface area contributed by atoms with Crippen molar-refractivity contribution < 1.29 is 22.8 Å². The van der Waals surface area contributed by atoms with Gasteiger partial charge < -0.3 is 5.32 Å². The summed E-state index contributed by atoms with van der Waals surface area (Å²) < 4.78 is 26.5. The molecule has 0 aliphatic rings. The minimum absolute atomic E-state index is 0.0178. The Labute approximate surface area is 156 Å². The van der Waals surface area contributed by atoms with Gasteiger partial charge in [0.1, 0.15) is 4.90 Å². The first-order valence-corrected chi connectivity index (χ1v) is 9.26. The topological polar surface area (TPSA) is 133 Å². The highest BCUT2D eigenvalue weighted by atomic mass is 35.5. The van der Waals surface area contributed by atoms with Crippen molar-refractivity contribution in [1.29, 1.82) is 0 Å². The van der Waals surface area contributed by atoms with E-state index < -0.39 is 27.7 Å². The quantitative estimate of drug-likeness (QED) is 0.304. The first-order valence-electron chi connectivity index (χ1n) is 7.39. The van der Waals surface area contributed by atoms with E-state index in [0.717, 1.165) is 6.07 Å². The molecule has 4 N–H and O–H groups in total. The molecule has 0 unspecified atom stereocenters. The number of amides is 3. The lowest BCUT2D eigenvalue weighted by atomic mass is 10.2. The molecule has 1 rings (SSSR count). The second-order valence-corrected chi connectivity index (χ2v) is 7.46. The Morgan fingerprint density at radius 3 is 2.42 bits per heavy atom. The van der Waals surface area contributed by atoms with Gasteiger partial charge >= 0.3 is 11.8 Å². The van der Waals surface area contributed by atoms with E-state index in [1.807, 2.05) is 10.9 Å².